The van der Waals surface area contributed by atoms with Gasteiger partial charge in [0.25, 0.3) is 0 Å². The van der Waals surface area contributed by atoms with E-state index < -0.39 is 5.97 Å². The zero-order chi connectivity index (χ0) is 22.4. The van der Waals surface area contributed by atoms with Crippen LogP contribution in [0.1, 0.15) is 46.9 Å². The van der Waals surface area contributed by atoms with E-state index in [0.717, 1.165) is 39.0 Å². The van der Waals surface area contributed by atoms with Crippen molar-refractivity contribution < 1.29 is 19.4 Å². The van der Waals surface area contributed by atoms with Gasteiger partial charge < -0.3 is 14.8 Å². The van der Waals surface area contributed by atoms with Crippen LogP contribution >= 0.6 is 0 Å². The van der Waals surface area contributed by atoms with Crippen molar-refractivity contribution in [3.8, 4) is 22.6 Å². The summed E-state index contributed by atoms with van der Waals surface area (Å²) in [7, 11) is 0. The molecule has 3 aromatic carbocycles. The van der Waals surface area contributed by atoms with Crippen LogP contribution in [0.2, 0.25) is 0 Å². The highest BCUT2D eigenvalue weighted by Crippen LogP contribution is 2.43. The number of carboxylic acid groups (broad SMARTS) is 1. The molecule has 0 saturated carbocycles. The molecule has 4 aromatic rings. The number of benzene rings is 3. The SMILES string of the molecule is Cc1cc(-n2c(C(C)C)c(-c3ccc(C(=O)O)cc3C)c3cc(O)ccc32)ccc1F. The maximum Gasteiger partial charge on any atom is 0.335 e. The maximum absolute atomic E-state index is 14.0. The first kappa shape index (κ1) is 20.7. The number of halogens is 1. The third-order valence-corrected chi connectivity index (χ3v) is 5.68. The number of aromatic carboxylic acids is 1. The second-order valence-electron chi connectivity index (χ2n) is 8.22. The van der Waals surface area contributed by atoms with E-state index >= 15 is 0 Å². The first-order valence-electron chi connectivity index (χ1n) is 10.2. The van der Waals surface area contributed by atoms with E-state index in [9.17, 15) is 19.4 Å². The summed E-state index contributed by atoms with van der Waals surface area (Å²) in [4.78, 5) is 11.4. The van der Waals surface area contributed by atoms with Crippen LogP contribution in [0.5, 0.6) is 5.75 Å². The molecule has 0 spiro atoms. The van der Waals surface area contributed by atoms with E-state index in [1.165, 1.54) is 6.07 Å². The van der Waals surface area contributed by atoms with E-state index in [1.807, 2.05) is 25.1 Å². The van der Waals surface area contributed by atoms with Gasteiger partial charge in [-0.1, -0.05) is 19.9 Å². The van der Waals surface area contributed by atoms with Crippen LogP contribution in [-0.2, 0) is 0 Å². The lowest BCUT2D eigenvalue weighted by atomic mass is 9.92. The molecular weight excluding hydrogens is 393 g/mol. The predicted octanol–water partition coefficient (Wildman–Crippen LogP) is 6.58. The van der Waals surface area contributed by atoms with Crippen molar-refractivity contribution in [1.29, 1.82) is 0 Å². The number of fused-ring (bicyclic) bond motifs is 1. The van der Waals surface area contributed by atoms with Gasteiger partial charge in [0.1, 0.15) is 11.6 Å². The molecule has 0 radical (unpaired) electrons. The minimum absolute atomic E-state index is 0.105. The summed E-state index contributed by atoms with van der Waals surface area (Å²) in [5.74, 6) is -0.977. The molecule has 0 aliphatic rings. The highest BCUT2D eigenvalue weighted by atomic mass is 19.1. The number of carboxylic acids is 1. The zero-order valence-electron chi connectivity index (χ0n) is 17.9. The Kier molecular flexibility index (Phi) is 5.05. The minimum atomic E-state index is -0.972. The Morgan fingerprint density at radius 3 is 2.32 bits per heavy atom. The largest absolute Gasteiger partial charge is 0.508 e. The number of hydrogen-bond donors (Lipinski definition) is 2. The fourth-order valence-electron chi connectivity index (χ4n) is 4.25. The van der Waals surface area contributed by atoms with Crippen LogP contribution in [0.25, 0.3) is 27.7 Å². The van der Waals surface area contributed by atoms with Crippen LogP contribution in [0, 0.1) is 19.7 Å². The maximum atomic E-state index is 14.0. The van der Waals surface area contributed by atoms with Crippen LogP contribution < -0.4 is 0 Å². The van der Waals surface area contributed by atoms with Crippen LogP contribution in [-0.4, -0.2) is 20.7 Å². The smallest absolute Gasteiger partial charge is 0.335 e. The first-order chi connectivity index (χ1) is 14.7. The third-order valence-electron chi connectivity index (χ3n) is 5.68. The Labute approximate surface area is 180 Å². The molecule has 4 rings (SSSR count). The molecule has 2 N–H and O–H groups in total. The number of phenolic OH excluding ortho intramolecular Hbond substituents is 1. The molecule has 0 fully saturated rings. The average molecular weight is 417 g/mol. The normalized spacial score (nSPS) is 11.4. The number of nitrogens with zero attached hydrogens (tertiary/aromatic N) is 1. The number of aromatic nitrogens is 1. The Morgan fingerprint density at radius 1 is 0.968 bits per heavy atom. The van der Waals surface area contributed by atoms with Crippen molar-refractivity contribution in [3.63, 3.8) is 0 Å². The number of rotatable bonds is 4. The molecule has 0 unspecified atom stereocenters. The quantitative estimate of drug-likeness (QED) is 0.394. The number of carbonyl (C=O) groups is 1. The van der Waals surface area contributed by atoms with Crippen molar-refractivity contribution in [2.75, 3.05) is 0 Å². The van der Waals surface area contributed by atoms with E-state index in [0.29, 0.717) is 5.56 Å². The van der Waals surface area contributed by atoms with E-state index in [2.05, 4.69) is 18.4 Å². The highest BCUT2D eigenvalue weighted by Gasteiger charge is 2.24. The van der Waals surface area contributed by atoms with Gasteiger partial charge in [0.2, 0.25) is 0 Å². The van der Waals surface area contributed by atoms with Gasteiger partial charge >= 0.3 is 5.97 Å². The molecule has 0 bridgehead atoms. The Bertz CT molecular complexity index is 1330. The van der Waals surface area contributed by atoms with Gasteiger partial charge in [-0.25, -0.2) is 9.18 Å². The molecule has 31 heavy (non-hydrogen) atoms. The van der Waals surface area contributed by atoms with Crippen molar-refractivity contribution >= 4 is 16.9 Å². The number of aromatic hydroxyl groups is 1. The molecule has 0 atom stereocenters. The summed E-state index contributed by atoms with van der Waals surface area (Å²) in [5.41, 5.74) is 6.20. The fraction of sp³-hybridized carbons (Fsp3) is 0.192. The number of aryl methyl sites for hydroxylation is 2. The van der Waals surface area contributed by atoms with E-state index in [-0.39, 0.29) is 23.0 Å². The fourth-order valence-corrected chi connectivity index (χ4v) is 4.25. The van der Waals surface area contributed by atoms with E-state index in [1.54, 1.807) is 37.3 Å². The van der Waals surface area contributed by atoms with Gasteiger partial charge in [-0.05, 0) is 85.0 Å². The summed E-state index contributed by atoms with van der Waals surface area (Å²) < 4.78 is 16.1. The summed E-state index contributed by atoms with van der Waals surface area (Å²) in [5, 5.41) is 20.5. The minimum Gasteiger partial charge on any atom is -0.508 e. The number of phenols is 1. The van der Waals surface area contributed by atoms with Crippen LogP contribution in [0.3, 0.4) is 0 Å². The first-order valence-corrected chi connectivity index (χ1v) is 10.2. The topological polar surface area (TPSA) is 62.5 Å². The van der Waals surface area contributed by atoms with Crippen LogP contribution in [0.15, 0.2) is 54.6 Å². The molecule has 1 heterocycles. The molecule has 5 heteroatoms. The second kappa shape index (κ2) is 7.58. The van der Waals surface area contributed by atoms with Gasteiger partial charge in [-0.3, -0.25) is 0 Å². The lowest BCUT2D eigenvalue weighted by molar-refractivity contribution is 0.0697. The molecule has 4 nitrogen and oxygen atoms in total. The summed E-state index contributed by atoms with van der Waals surface area (Å²) in [6.45, 7) is 7.80. The molecule has 0 amide bonds. The Morgan fingerprint density at radius 2 is 1.71 bits per heavy atom. The molecule has 158 valence electrons. The molecule has 1 aromatic heterocycles. The molecular formula is C26H24FNO3. The van der Waals surface area contributed by atoms with Crippen LogP contribution in [0.4, 0.5) is 4.39 Å². The second-order valence-corrected chi connectivity index (χ2v) is 8.22. The van der Waals surface area contributed by atoms with Crippen molar-refractivity contribution in [3.05, 3.63) is 82.8 Å². The van der Waals surface area contributed by atoms with Gasteiger partial charge in [0.05, 0.1) is 11.1 Å². The van der Waals surface area contributed by atoms with Crippen molar-refractivity contribution in [2.45, 2.75) is 33.6 Å². The average Bonchev–Trinajstić information content (AvgIpc) is 3.04. The summed E-state index contributed by atoms with van der Waals surface area (Å²) in [6, 6.07) is 15.4. The molecule has 0 saturated heterocycles. The monoisotopic (exact) mass is 417 g/mol. The Balaban J connectivity index is 2.13. The van der Waals surface area contributed by atoms with Gasteiger partial charge in [0.15, 0.2) is 0 Å². The lowest BCUT2D eigenvalue weighted by Gasteiger charge is -2.17. The molecule has 0 aliphatic carbocycles. The van der Waals surface area contributed by atoms with Gasteiger partial charge in [-0.15, -0.1) is 0 Å². The van der Waals surface area contributed by atoms with Crippen molar-refractivity contribution in [2.24, 2.45) is 0 Å². The lowest BCUT2D eigenvalue weighted by Crippen LogP contribution is -2.04. The zero-order valence-corrected chi connectivity index (χ0v) is 17.9. The van der Waals surface area contributed by atoms with Gasteiger partial charge in [0, 0.05) is 22.3 Å². The number of hydrogen-bond acceptors (Lipinski definition) is 2. The Hall–Kier alpha value is -3.60. The predicted molar refractivity (Wildman–Crippen MR) is 121 cm³/mol. The molecule has 0 aliphatic heterocycles. The summed E-state index contributed by atoms with van der Waals surface area (Å²) in [6.07, 6.45) is 0. The van der Waals surface area contributed by atoms with Crippen molar-refractivity contribution in [1.82, 2.24) is 4.57 Å². The third kappa shape index (κ3) is 3.46. The highest BCUT2D eigenvalue weighted by molar-refractivity contribution is 6.01. The summed E-state index contributed by atoms with van der Waals surface area (Å²) >= 11 is 0. The van der Waals surface area contributed by atoms with E-state index in [4.69, 9.17) is 0 Å². The van der Waals surface area contributed by atoms with Gasteiger partial charge in [-0.2, -0.15) is 0 Å². The standard InChI is InChI=1S/C26H24FNO3/c1-14(2)25-24(20-8-5-17(26(30)31)11-15(20)3)21-13-19(29)7-10-23(21)28(25)18-6-9-22(27)16(4)12-18/h5-14,29H,1-4H3,(H,30,31).